The fraction of sp³-hybridized carbons (Fsp3) is 0.600. The number of methoxy groups -OCH3 is 1. The van der Waals surface area contributed by atoms with Gasteiger partial charge in [0.2, 0.25) is 0 Å². The molecule has 0 amide bonds. The van der Waals surface area contributed by atoms with Crippen molar-refractivity contribution < 1.29 is 9.47 Å². The minimum Gasteiger partial charge on any atom is -0.496 e. The highest BCUT2D eigenvalue weighted by Crippen LogP contribution is 2.45. The van der Waals surface area contributed by atoms with E-state index in [-0.39, 0.29) is 5.41 Å². The molecule has 3 nitrogen and oxygen atoms in total. The van der Waals surface area contributed by atoms with E-state index in [1.165, 1.54) is 26.7 Å². The van der Waals surface area contributed by atoms with Gasteiger partial charge < -0.3 is 14.8 Å². The van der Waals surface area contributed by atoms with Crippen LogP contribution in [0.1, 0.15) is 22.3 Å². The van der Waals surface area contributed by atoms with Crippen LogP contribution in [-0.2, 0) is 10.2 Å². The number of ether oxygens (including phenoxy) is 2. The molecule has 0 radical (unpaired) electrons. The molecule has 2 rings (SSSR count). The van der Waals surface area contributed by atoms with Gasteiger partial charge in [0, 0.05) is 16.6 Å². The molecule has 1 aromatic rings. The van der Waals surface area contributed by atoms with Gasteiger partial charge in [-0.05, 0) is 44.5 Å². The third kappa shape index (κ3) is 2.20. The van der Waals surface area contributed by atoms with E-state index in [1.807, 2.05) is 7.05 Å². The topological polar surface area (TPSA) is 30.5 Å². The van der Waals surface area contributed by atoms with E-state index in [9.17, 15) is 0 Å². The minimum atomic E-state index is 0.0329. The molecule has 19 heavy (non-hydrogen) atoms. The Morgan fingerprint density at radius 1 is 1.21 bits per heavy atom. The molecule has 0 spiro atoms. The molecule has 0 aromatic heterocycles. The smallest absolute Gasteiger partial charge is 0.126 e. The molecule has 1 aromatic carbocycles. The minimum absolute atomic E-state index is 0.0329. The lowest BCUT2D eigenvalue weighted by Crippen LogP contribution is -2.53. The van der Waals surface area contributed by atoms with Crippen LogP contribution in [0.4, 0.5) is 0 Å². The zero-order chi connectivity index (χ0) is 14.2. The van der Waals surface area contributed by atoms with Crippen molar-refractivity contribution in [3.05, 3.63) is 26.7 Å². The van der Waals surface area contributed by atoms with Crippen molar-refractivity contribution in [2.45, 2.75) is 26.2 Å². The summed E-state index contributed by atoms with van der Waals surface area (Å²) in [6.07, 6.45) is 0. The van der Waals surface area contributed by atoms with Crippen molar-refractivity contribution in [1.29, 1.82) is 0 Å². The maximum absolute atomic E-state index is 5.72. The lowest BCUT2D eigenvalue weighted by molar-refractivity contribution is -0.0595. The Bertz CT molecular complexity index is 496. The Morgan fingerprint density at radius 2 is 1.84 bits per heavy atom. The van der Waals surface area contributed by atoms with E-state index >= 15 is 0 Å². The van der Waals surface area contributed by atoms with Gasteiger partial charge in [0.15, 0.2) is 0 Å². The van der Waals surface area contributed by atoms with Crippen LogP contribution in [-0.4, -0.2) is 33.9 Å². The summed E-state index contributed by atoms with van der Waals surface area (Å²) in [5.74, 6) is 1.01. The molecule has 0 saturated carbocycles. The van der Waals surface area contributed by atoms with Gasteiger partial charge in [-0.3, -0.25) is 0 Å². The summed E-state index contributed by atoms with van der Waals surface area (Å²) in [5.41, 5.74) is 5.03. The largest absolute Gasteiger partial charge is 0.496 e. The first-order valence-corrected chi connectivity index (χ1v) is 7.34. The highest BCUT2D eigenvalue weighted by molar-refractivity contribution is 9.10. The molecule has 1 fully saturated rings. The number of benzene rings is 1. The normalized spacial score (nSPS) is 17.2. The summed E-state index contributed by atoms with van der Waals surface area (Å²) in [7, 11) is 3.74. The van der Waals surface area contributed by atoms with Crippen molar-refractivity contribution >= 4 is 15.9 Å². The van der Waals surface area contributed by atoms with Crippen LogP contribution in [0.3, 0.4) is 0 Å². The number of nitrogens with one attached hydrogen (secondary N) is 1. The average Bonchev–Trinajstić information content (AvgIpc) is 2.36. The van der Waals surface area contributed by atoms with Gasteiger partial charge in [0.25, 0.3) is 0 Å². The van der Waals surface area contributed by atoms with E-state index in [0.29, 0.717) is 0 Å². The first kappa shape index (κ1) is 14.8. The van der Waals surface area contributed by atoms with Crippen molar-refractivity contribution in [2.24, 2.45) is 0 Å². The van der Waals surface area contributed by atoms with Gasteiger partial charge in [0.05, 0.1) is 25.7 Å². The van der Waals surface area contributed by atoms with Crippen LogP contribution in [0.5, 0.6) is 5.75 Å². The van der Waals surface area contributed by atoms with Gasteiger partial charge in [-0.1, -0.05) is 15.9 Å². The van der Waals surface area contributed by atoms with Gasteiger partial charge in [-0.2, -0.15) is 0 Å². The third-order valence-electron chi connectivity index (χ3n) is 4.17. The van der Waals surface area contributed by atoms with Crippen molar-refractivity contribution in [1.82, 2.24) is 5.32 Å². The summed E-state index contributed by atoms with van der Waals surface area (Å²) < 4.78 is 12.4. The van der Waals surface area contributed by atoms with Crippen LogP contribution in [0.15, 0.2) is 4.47 Å². The maximum atomic E-state index is 5.72. The molecule has 0 unspecified atom stereocenters. The first-order valence-electron chi connectivity index (χ1n) is 6.54. The Kier molecular flexibility index (Phi) is 4.23. The Morgan fingerprint density at radius 3 is 2.26 bits per heavy atom. The summed E-state index contributed by atoms with van der Waals surface area (Å²) in [6, 6.07) is 0. The fourth-order valence-corrected chi connectivity index (χ4v) is 3.49. The zero-order valence-electron chi connectivity index (χ0n) is 12.3. The predicted molar refractivity (Wildman–Crippen MR) is 81.3 cm³/mol. The Hall–Kier alpha value is -0.580. The number of hydrogen-bond acceptors (Lipinski definition) is 3. The molecule has 0 bridgehead atoms. The van der Waals surface area contributed by atoms with Crippen molar-refractivity contribution in [3.8, 4) is 5.75 Å². The number of rotatable bonds is 4. The quantitative estimate of drug-likeness (QED) is 0.922. The van der Waals surface area contributed by atoms with E-state index in [2.05, 4.69) is 42.0 Å². The van der Waals surface area contributed by atoms with Crippen LogP contribution < -0.4 is 10.1 Å². The summed E-state index contributed by atoms with van der Waals surface area (Å²) in [5, 5.41) is 3.29. The van der Waals surface area contributed by atoms with E-state index in [4.69, 9.17) is 9.47 Å². The average molecular weight is 328 g/mol. The Labute approximate surface area is 123 Å². The van der Waals surface area contributed by atoms with E-state index < -0.39 is 0 Å². The van der Waals surface area contributed by atoms with Crippen molar-refractivity contribution in [2.75, 3.05) is 33.9 Å². The Balaban J connectivity index is 2.68. The van der Waals surface area contributed by atoms with Crippen LogP contribution in [0.2, 0.25) is 0 Å². The van der Waals surface area contributed by atoms with Crippen molar-refractivity contribution in [3.63, 3.8) is 0 Å². The highest BCUT2D eigenvalue weighted by atomic mass is 79.9. The van der Waals surface area contributed by atoms with Gasteiger partial charge in [0.1, 0.15) is 5.75 Å². The van der Waals surface area contributed by atoms with Crippen LogP contribution >= 0.6 is 15.9 Å². The molecular weight excluding hydrogens is 306 g/mol. The SMILES string of the molecule is CNCC1(c2c(C)c(Br)c(C)c(C)c2OC)COC1. The molecule has 4 heteroatoms. The standard InChI is InChI=1S/C15H22BrNO2/c1-9-10(2)14(18-5)12(11(3)13(9)16)15(6-17-4)7-19-8-15/h17H,6-8H2,1-5H3. The molecule has 1 aliphatic rings. The second kappa shape index (κ2) is 5.43. The molecular formula is C15H22BrNO2. The molecule has 1 aliphatic heterocycles. The third-order valence-corrected chi connectivity index (χ3v) is 5.36. The zero-order valence-corrected chi connectivity index (χ0v) is 13.9. The molecule has 106 valence electrons. The lowest BCUT2D eigenvalue weighted by atomic mass is 9.74. The van der Waals surface area contributed by atoms with Crippen LogP contribution in [0, 0.1) is 20.8 Å². The molecule has 1 N–H and O–H groups in total. The van der Waals surface area contributed by atoms with Crippen LogP contribution in [0.25, 0.3) is 0 Å². The first-order chi connectivity index (χ1) is 8.98. The fourth-order valence-electron chi connectivity index (χ4n) is 3.00. The lowest BCUT2D eigenvalue weighted by Gasteiger charge is -2.44. The molecule has 0 atom stereocenters. The van der Waals surface area contributed by atoms with Gasteiger partial charge in [-0.15, -0.1) is 0 Å². The molecule has 1 saturated heterocycles. The summed E-state index contributed by atoms with van der Waals surface area (Å²) in [6.45, 7) is 8.80. The monoisotopic (exact) mass is 327 g/mol. The van der Waals surface area contributed by atoms with E-state index in [0.717, 1.165) is 25.5 Å². The van der Waals surface area contributed by atoms with Gasteiger partial charge >= 0.3 is 0 Å². The molecule has 1 heterocycles. The summed E-state index contributed by atoms with van der Waals surface area (Å²) >= 11 is 3.72. The highest BCUT2D eigenvalue weighted by Gasteiger charge is 2.44. The molecule has 0 aliphatic carbocycles. The second-order valence-electron chi connectivity index (χ2n) is 5.40. The summed E-state index contributed by atoms with van der Waals surface area (Å²) in [4.78, 5) is 0. The predicted octanol–water partition coefficient (Wildman–Crippen LogP) is 2.87. The number of likely N-dealkylation sites (N-methyl/N-ethyl adjacent to an activating group) is 1. The second-order valence-corrected chi connectivity index (χ2v) is 6.19. The van der Waals surface area contributed by atoms with Gasteiger partial charge in [-0.25, -0.2) is 0 Å². The van der Waals surface area contributed by atoms with E-state index in [1.54, 1.807) is 7.11 Å². The maximum Gasteiger partial charge on any atom is 0.126 e. The number of hydrogen-bond donors (Lipinski definition) is 1. The number of halogens is 1.